The van der Waals surface area contributed by atoms with E-state index in [1.165, 1.54) is 45.6 Å². The van der Waals surface area contributed by atoms with Crippen molar-refractivity contribution in [3.05, 3.63) is 0 Å². The van der Waals surface area contributed by atoms with Crippen LogP contribution in [0.1, 0.15) is 12.8 Å². The van der Waals surface area contributed by atoms with E-state index in [-0.39, 0.29) is 0 Å². The molecule has 1 atom stereocenters. The monoisotopic (exact) mass is 240 g/mol. The highest BCUT2D eigenvalue weighted by atomic mass is 15.2. The molecule has 2 heterocycles. The van der Waals surface area contributed by atoms with Gasteiger partial charge in [0.25, 0.3) is 0 Å². The van der Waals surface area contributed by atoms with Crippen LogP contribution in [0, 0.1) is 5.92 Å². The molecule has 100 valence electrons. The standard InChI is InChI=1S/C13H28N4/c1-16-6-3-12(4-7-16)9-14-10-13-11-17(2)8-5-15-13/h12-15H,3-11H2,1-2H3. The summed E-state index contributed by atoms with van der Waals surface area (Å²) >= 11 is 0. The van der Waals surface area contributed by atoms with Crippen molar-refractivity contribution in [1.29, 1.82) is 0 Å². The van der Waals surface area contributed by atoms with Crippen LogP contribution in [0.3, 0.4) is 0 Å². The maximum atomic E-state index is 3.65. The number of nitrogens with one attached hydrogen (secondary N) is 2. The van der Waals surface area contributed by atoms with Crippen molar-refractivity contribution in [3.63, 3.8) is 0 Å². The van der Waals surface area contributed by atoms with Crippen molar-refractivity contribution in [2.45, 2.75) is 18.9 Å². The topological polar surface area (TPSA) is 30.5 Å². The molecule has 0 spiro atoms. The van der Waals surface area contributed by atoms with Gasteiger partial charge >= 0.3 is 0 Å². The molecule has 2 saturated heterocycles. The molecule has 0 radical (unpaired) electrons. The summed E-state index contributed by atoms with van der Waals surface area (Å²) in [5, 5.41) is 7.23. The van der Waals surface area contributed by atoms with Gasteiger partial charge in [-0.15, -0.1) is 0 Å². The number of piperazine rings is 1. The van der Waals surface area contributed by atoms with E-state index in [0.29, 0.717) is 6.04 Å². The van der Waals surface area contributed by atoms with Crippen molar-refractivity contribution < 1.29 is 0 Å². The minimum atomic E-state index is 0.639. The highest BCUT2D eigenvalue weighted by Gasteiger charge is 2.18. The van der Waals surface area contributed by atoms with E-state index in [1.54, 1.807) is 0 Å². The fourth-order valence-corrected chi connectivity index (χ4v) is 2.86. The van der Waals surface area contributed by atoms with Gasteiger partial charge in [0.2, 0.25) is 0 Å². The molecule has 2 aliphatic heterocycles. The Kier molecular flexibility index (Phi) is 5.22. The van der Waals surface area contributed by atoms with Gasteiger partial charge < -0.3 is 20.4 Å². The number of piperidine rings is 1. The van der Waals surface area contributed by atoms with Crippen LogP contribution in [-0.2, 0) is 0 Å². The first kappa shape index (κ1) is 13.3. The van der Waals surface area contributed by atoms with Gasteiger partial charge in [0.1, 0.15) is 0 Å². The second-order valence-corrected chi connectivity index (χ2v) is 5.82. The number of hydrogen-bond acceptors (Lipinski definition) is 4. The second kappa shape index (κ2) is 6.69. The number of likely N-dealkylation sites (tertiary alicyclic amines) is 1. The third-order valence-corrected chi connectivity index (χ3v) is 4.12. The summed E-state index contributed by atoms with van der Waals surface area (Å²) in [7, 11) is 4.44. The van der Waals surface area contributed by atoms with Crippen molar-refractivity contribution in [1.82, 2.24) is 20.4 Å². The molecule has 0 aromatic rings. The molecule has 4 heteroatoms. The lowest BCUT2D eigenvalue weighted by atomic mass is 9.97. The molecule has 0 saturated carbocycles. The Morgan fingerprint density at radius 2 is 1.82 bits per heavy atom. The molecule has 1 unspecified atom stereocenters. The minimum absolute atomic E-state index is 0.639. The summed E-state index contributed by atoms with van der Waals surface area (Å²) in [4.78, 5) is 4.85. The number of hydrogen-bond donors (Lipinski definition) is 2. The van der Waals surface area contributed by atoms with E-state index < -0.39 is 0 Å². The van der Waals surface area contributed by atoms with Gasteiger partial charge in [-0.05, 0) is 52.5 Å². The van der Waals surface area contributed by atoms with Gasteiger partial charge in [0.15, 0.2) is 0 Å². The van der Waals surface area contributed by atoms with E-state index in [9.17, 15) is 0 Å². The summed E-state index contributed by atoms with van der Waals surface area (Å²) in [6.07, 6.45) is 2.73. The van der Waals surface area contributed by atoms with Crippen molar-refractivity contribution in [2.24, 2.45) is 5.92 Å². The summed E-state index contributed by atoms with van der Waals surface area (Å²) < 4.78 is 0. The highest BCUT2D eigenvalue weighted by molar-refractivity contribution is 4.79. The fraction of sp³-hybridized carbons (Fsp3) is 1.00. The zero-order chi connectivity index (χ0) is 12.1. The first-order valence-electron chi connectivity index (χ1n) is 7.05. The second-order valence-electron chi connectivity index (χ2n) is 5.82. The fourth-order valence-electron chi connectivity index (χ4n) is 2.86. The van der Waals surface area contributed by atoms with Crippen LogP contribution in [0.2, 0.25) is 0 Å². The average Bonchev–Trinajstić information content (AvgIpc) is 2.32. The minimum Gasteiger partial charge on any atom is -0.315 e. The lowest BCUT2D eigenvalue weighted by Gasteiger charge is -2.32. The smallest absolute Gasteiger partial charge is 0.0320 e. The van der Waals surface area contributed by atoms with Crippen molar-refractivity contribution >= 4 is 0 Å². The third-order valence-electron chi connectivity index (χ3n) is 4.12. The molecular formula is C13H28N4. The van der Waals surface area contributed by atoms with E-state index in [0.717, 1.165) is 19.0 Å². The van der Waals surface area contributed by atoms with Gasteiger partial charge in [-0.1, -0.05) is 0 Å². The van der Waals surface area contributed by atoms with Gasteiger partial charge in [-0.3, -0.25) is 0 Å². The van der Waals surface area contributed by atoms with Gasteiger partial charge in [0, 0.05) is 32.2 Å². The van der Waals surface area contributed by atoms with Crippen molar-refractivity contribution in [2.75, 3.05) is 59.9 Å². The Morgan fingerprint density at radius 3 is 2.53 bits per heavy atom. The van der Waals surface area contributed by atoms with Crippen LogP contribution in [0.4, 0.5) is 0 Å². The third kappa shape index (κ3) is 4.54. The molecule has 2 N–H and O–H groups in total. The lowest BCUT2D eigenvalue weighted by Crippen LogP contribution is -2.53. The normalized spacial score (nSPS) is 29.6. The zero-order valence-corrected chi connectivity index (χ0v) is 11.4. The van der Waals surface area contributed by atoms with E-state index in [1.807, 2.05) is 0 Å². The summed E-state index contributed by atoms with van der Waals surface area (Å²) in [6, 6.07) is 0.639. The molecule has 0 aliphatic carbocycles. The Hall–Kier alpha value is -0.160. The van der Waals surface area contributed by atoms with Crippen LogP contribution < -0.4 is 10.6 Å². The predicted octanol–water partition coefficient (Wildman–Crippen LogP) is -0.179. The molecule has 0 aromatic heterocycles. The molecule has 2 rings (SSSR count). The number of rotatable bonds is 4. The molecule has 2 fully saturated rings. The Bertz CT molecular complexity index is 213. The number of likely N-dealkylation sites (N-methyl/N-ethyl adjacent to an activating group) is 1. The summed E-state index contributed by atoms with van der Waals surface area (Å²) in [5.41, 5.74) is 0. The SMILES string of the molecule is CN1CCC(CNCC2CN(C)CCN2)CC1. The summed E-state index contributed by atoms with van der Waals surface area (Å²) in [6.45, 7) is 8.38. The average molecular weight is 240 g/mol. The molecule has 17 heavy (non-hydrogen) atoms. The van der Waals surface area contributed by atoms with E-state index in [4.69, 9.17) is 0 Å². The Labute approximate surface area is 106 Å². The first-order chi connectivity index (χ1) is 8.24. The quantitative estimate of drug-likeness (QED) is 0.714. The molecule has 4 nitrogen and oxygen atoms in total. The first-order valence-corrected chi connectivity index (χ1v) is 7.05. The Morgan fingerprint density at radius 1 is 1.06 bits per heavy atom. The Balaban J connectivity index is 1.56. The van der Waals surface area contributed by atoms with Crippen LogP contribution in [0.5, 0.6) is 0 Å². The van der Waals surface area contributed by atoms with Crippen LogP contribution in [0.25, 0.3) is 0 Å². The summed E-state index contributed by atoms with van der Waals surface area (Å²) in [5.74, 6) is 0.896. The van der Waals surface area contributed by atoms with Gasteiger partial charge in [0.05, 0.1) is 0 Å². The molecule has 0 amide bonds. The van der Waals surface area contributed by atoms with Crippen molar-refractivity contribution in [3.8, 4) is 0 Å². The van der Waals surface area contributed by atoms with Crippen LogP contribution in [-0.4, -0.2) is 75.8 Å². The predicted molar refractivity (Wildman–Crippen MR) is 72.4 cm³/mol. The molecule has 0 bridgehead atoms. The number of nitrogens with zero attached hydrogens (tertiary/aromatic N) is 2. The van der Waals surface area contributed by atoms with Crippen LogP contribution in [0.15, 0.2) is 0 Å². The van der Waals surface area contributed by atoms with E-state index >= 15 is 0 Å². The lowest BCUT2D eigenvalue weighted by molar-refractivity contribution is 0.207. The molecule has 0 aromatic carbocycles. The highest BCUT2D eigenvalue weighted by Crippen LogP contribution is 2.14. The van der Waals surface area contributed by atoms with Gasteiger partial charge in [-0.25, -0.2) is 0 Å². The van der Waals surface area contributed by atoms with Crippen LogP contribution >= 0.6 is 0 Å². The zero-order valence-electron chi connectivity index (χ0n) is 11.4. The van der Waals surface area contributed by atoms with E-state index in [2.05, 4.69) is 34.5 Å². The van der Waals surface area contributed by atoms with Gasteiger partial charge in [-0.2, -0.15) is 0 Å². The molecular weight excluding hydrogens is 212 g/mol. The maximum Gasteiger partial charge on any atom is 0.0320 e. The maximum absolute atomic E-state index is 3.65. The largest absolute Gasteiger partial charge is 0.315 e. The molecule has 2 aliphatic rings.